The molecule has 7 nitrogen and oxygen atoms in total. The summed E-state index contributed by atoms with van der Waals surface area (Å²) in [5.41, 5.74) is 1.05. The first kappa shape index (κ1) is 18.8. The van der Waals surface area contributed by atoms with Crippen LogP contribution in [0.15, 0.2) is 77.4 Å². The molecular weight excluding hydrogens is 392 g/mol. The number of nitrogens with one attached hydrogen (secondary N) is 1. The molecule has 0 unspecified atom stereocenters. The zero-order chi connectivity index (χ0) is 20.1. The van der Waals surface area contributed by atoms with Crippen LogP contribution in [0, 0.1) is 0 Å². The Bertz CT molecular complexity index is 1080. The van der Waals surface area contributed by atoms with Gasteiger partial charge in [-0.1, -0.05) is 41.9 Å². The highest BCUT2D eigenvalue weighted by Crippen LogP contribution is 2.19. The first-order chi connectivity index (χ1) is 14.2. The maximum Gasteiger partial charge on any atom is 0.287 e. The molecule has 0 bridgehead atoms. The molecule has 146 valence electrons. The maximum atomic E-state index is 12.7. The van der Waals surface area contributed by atoms with Gasteiger partial charge in [0.15, 0.2) is 12.4 Å². The van der Waals surface area contributed by atoms with Crippen molar-refractivity contribution in [2.24, 2.45) is 0 Å². The number of furan rings is 1. The normalized spacial score (nSPS) is 10.7. The zero-order valence-corrected chi connectivity index (χ0v) is 16.0. The van der Waals surface area contributed by atoms with E-state index in [9.17, 15) is 4.79 Å². The zero-order valence-electron chi connectivity index (χ0n) is 15.3. The van der Waals surface area contributed by atoms with E-state index in [1.807, 2.05) is 30.3 Å². The Morgan fingerprint density at radius 3 is 2.59 bits per heavy atom. The molecule has 4 aromatic rings. The van der Waals surface area contributed by atoms with Gasteiger partial charge in [0.25, 0.3) is 5.91 Å². The van der Waals surface area contributed by atoms with Gasteiger partial charge in [-0.3, -0.25) is 4.79 Å². The van der Waals surface area contributed by atoms with Crippen molar-refractivity contribution >= 4 is 23.5 Å². The number of carbonyl (C=O) groups excluding carboxylic acids is 1. The van der Waals surface area contributed by atoms with Gasteiger partial charge >= 0.3 is 0 Å². The summed E-state index contributed by atoms with van der Waals surface area (Å²) >= 11 is 5.87. The van der Waals surface area contributed by atoms with E-state index in [1.54, 1.807) is 36.4 Å². The fourth-order valence-electron chi connectivity index (χ4n) is 2.62. The number of aromatic nitrogens is 3. The minimum atomic E-state index is -0.374. The molecule has 0 saturated heterocycles. The quantitative estimate of drug-likeness (QED) is 0.484. The topological polar surface area (TPSA) is 82.2 Å². The molecule has 0 saturated carbocycles. The second-order valence-corrected chi connectivity index (χ2v) is 6.56. The molecular formula is C21H17ClN4O3. The second kappa shape index (κ2) is 8.62. The van der Waals surface area contributed by atoms with Gasteiger partial charge in [0.1, 0.15) is 5.75 Å². The van der Waals surface area contributed by atoms with E-state index in [-0.39, 0.29) is 12.5 Å². The molecule has 2 aromatic carbocycles. The largest absolute Gasteiger partial charge is 0.484 e. The Balaban J connectivity index is 1.53. The van der Waals surface area contributed by atoms with Crippen molar-refractivity contribution in [3.05, 3.63) is 83.6 Å². The van der Waals surface area contributed by atoms with Crippen LogP contribution in [-0.2, 0) is 6.54 Å². The summed E-state index contributed by atoms with van der Waals surface area (Å²) in [6, 6.07) is 20.0. The first-order valence-electron chi connectivity index (χ1n) is 8.89. The third kappa shape index (κ3) is 4.64. The number of halogens is 1. The summed E-state index contributed by atoms with van der Waals surface area (Å²) < 4.78 is 12.1. The van der Waals surface area contributed by atoms with Crippen LogP contribution in [0.3, 0.4) is 0 Å². The molecule has 0 radical (unpaired) electrons. The van der Waals surface area contributed by atoms with E-state index in [0.717, 1.165) is 5.56 Å². The minimum absolute atomic E-state index is 0.206. The second-order valence-electron chi connectivity index (χ2n) is 6.12. The van der Waals surface area contributed by atoms with E-state index < -0.39 is 0 Å². The van der Waals surface area contributed by atoms with Gasteiger partial charge < -0.3 is 14.5 Å². The van der Waals surface area contributed by atoms with Gasteiger partial charge in [0.2, 0.25) is 11.8 Å². The van der Waals surface area contributed by atoms with Crippen molar-refractivity contribution in [3.8, 4) is 17.3 Å². The predicted molar refractivity (Wildman–Crippen MR) is 109 cm³/mol. The Morgan fingerprint density at radius 1 is 1.07 bits per heavy atom. The molecule has 0 spiro atoms. The van der Waals surface area contributed by atoms with Crippen LogP contribution < -0.4 is 10.1 Å². The Hall–Kier alpha value is -3.58. The summed E-state index contributed by atoms with van der Waals surface area (Å²) in [6.45, 7) is 0.283. The van der Waals surface area contributed by atoms with Crippen LogP contribution in [0.1, 0.15) is 10.4 Å². The van der Waals surface area contributed by atoms with Gasteiger partial charge in [0.05, 0.1) is 6.26 Å². The van der Waals surface area contributed by atoms with E-state index >= 15 is 0 Å². The van der Waals surface area contributed by atoms with Gasteiger partial charge in [-0.2, -0.15) is 9.67 Å². The number of ether oxygens (including phenoxy) is 1. The molecule has 4 rings (SSSR count). The van der Waals surface area contributed by atoms with Crippen LogP contribution in [0.4, 0.5) is 5.95 Å². The smallest absolute Gasteiger partial charge is 0.287 e. The SMILES string of the molecule is O=C(COc1ccc(Cl)cc1)n1nc(-c2ccco2)nc1NCc1ccccc1. The molecule has 0 atom stereocenters. The van der Waals surface area contributed by atoms with Gasteiger partial charge in [-0.05, 0) is 42.0 Å². The van der Waals surface area contributed by atoms with Gasteiger partial charge in [-0.25, -0.2) is 0 Å². The molecule has 8 heteroatoms. The van der Waals surface area contributed by atoms with Crippen LogP contribution >= 0.6 is 11.6 Å². The number of hydrogen-bond donors (Lipinski definition) is 1. The summed E-state index contributed by atoms with van der Waals surface area (Å²) in [6.07, 6.45) is 1.53. The van der Waals surface area contributed by atoms with Crippen molar-refractivity contribution < 1.29 is 13.9 Å². The van der Waals surface area contributed by atoms with Crippen LogP contribution in [-0.4, -0.2) is 27.3 Å². The molecule has 0 fully saturated rings. The monoisotopic (exact) mass is 408 g/mol. The standard InChI is InChI=1S/C21H17ClN4O3/c22-16-8-10-17(11-9-16)29-14-19(27)26-21(23-13-15-5-2-1-3-6-15)24-20(25-26)18-7-4-12-28-18/h1-12H,13-14H2,(H,23,24,25). The summed E-state index contributed by atoms with van der Waals surface area (Å²) in [5.74, 6) is 1.25. The van der Waals surface area contributed by atoms with E-state index in [1.165, 1.54) is 10.9 Å². The number of nitrogens with zero attached hydrogens (tertiary/aromatic N) is 3. The number of anilines is 1. The highest BCUT2D eigenvalue weighted by molar-refractivity contribution is 6.30. The Kier molecular flexibility index (Phi) is 5.58. The Morgan fingerprint density at radius 2 is 1.86 bits per heavy atom. The molecule has 0 aliphatic carbocycles. The van der Waals surface area contributed by atoms with Crippen LogP contribution in [0.5, 0.6) is 5.75 Å². The predicted octanol–water partition coefficient (Wildman–Crippen LogP) is 4.52. The van der Waals surface area contributed by atoms with Gasteiger partial charge in [0, 0.05) is 11.6 Å². The summed E-state index contributed by atoms with van der Waals surface area (Å²) in [5, 5.41) is 8.04. The van der Waals surface area contributed by atoms with Crippen molar-refractivity contribution in [1.82, 2.24) is 14.8 Å². The maximum absolute atomic E-state index is 12.7. The fourth-order valence-corrected chi connectivity index (χ4v) is 2.75. The van der Waals surface area contributed by atoms with Crippen molar-refractivity contribution in [3.63, 3.8) is 0 Å². The van der Waals surface area contributed by atoms with Crippen molar-refractivity contribution in [2.75, 3.05) is 11.9 Å². The number of carbonyl (C=O) groups is 1. The molecule has 0 aliphatic rings. The number of benzene rings is 2. The molecule has 2 aromatic heterocycles. The van der Waals surface area contributed by atoms with Crippen molar-refractivity contribution in [2.45, 2.75) is 6.54 Å². The third-order valence-corrected chi connectivity index (χ3v) is 4.31. The molecule has 29 heavy (non-hydrogen) atoms. The van der Waals surface area contributed by atoms with E-state index in [0.29, 0.717) is 34.8 Å². The minimum Gasteiger partial charge on any atom is -0.484 e. The number of hydrogen-bond acceptors (Lipinski definition) is 6. The molecule has 0 amide bonds. The van der Waals surface area contributed by atoms with E-state index in [2.05, 4.69) is 15.4 Å². The highest BCUT2D eigenvalue weighted by atomic mass is 35.5. The van der Waals surface area contributed by atoms with E-state index in [4.69, 9.17) is 20.8 Å². The molecule has 2 heterocycles. The lowest BCUT2D eigenvalue weighted by molar-refractivity contribution is 0.0824. The van der Waals surface area contributed by atoms with Crippen LogP contribution in [0.25, 0.3) is 11.6 Å². The third-order valence-electron chi connectivity index (χ3n) is 4.05. The lowest BCUT2D eigenvalue weighted by atomic mass is 10.2. The molecule has 1 N–H and O–H groups in total. The first-order valence-corrected chi connectivity index (χ1v) is 9.27. The van der Waals surface area contributed by atoms with Crippen LogP contribution in [0.2, 0.25) is 5.02 Å². The van der Waals surface area contributed by atoms with Gasteiger partial charge in [-0.15, -0.1) is 5.10 Å². The molecule has 0 aliphatic heterocycles. The lowest BCUT2D eigenvalue weighted by Gasteiger charge is -2.08. The summed E-state index contributed by atoms with van der Waals surface area (Å²) in [7, 11) is 0. The lowest BCUT2D eigenvalue weighted by Crippen LogP contribution is -2.22. The fraction of sp³-hybridized carbons (Fsp3) is 0.0952. The van der Waals surface area contributed by atoms with Crippen molar-refractivity contribution in [1.29, 1.82) is 0 Å². The average Bonchev–Trinajstić information content (AvgIpc) is 3.42. The Labute approximate surface area is 171 Å². The number of rotatable bonds is 7. The highest BCUT2D eigenvalue weighted by Gasteiger charge is 2.19. The average molecular weight is 409 g/mol. The summed E-state index contributed by atoms with van der Waals surface area (Å²) in [4.78, 5) is 17.1.